The average molecular weight is 178 g/mol. The van der Waals surface area contributed by atoms with Crippen molar-refractivity contribution < 1.29 is 4.74 Å². The van der Waals surface area contributed by atoms with Gasteiger partial charge in [0.05, 0.1) is 18.2 Å². The second-order valence-electron chi connectivity index (χ2n) is 1.86. The molecule has 0 amide bonds. The van der Waals surface area contributed by atoms with E-state index < -0.39 is 0 Å². The highest BCUT2D eigenvalue weighted by Gasteiger charge is 2.05. The standard InChI is InChI=1S/C6H8ClNOS/c1-4(7)5-3-10-6(8-5)9-2/h3-4H,1-2H3. The van der Waals surface area contributed by atoms with Crippen molar-refractivity contribution in [1.82, 2.24) is 4.98 Å². The van der Waals surface area contributed by atoms with Crippen molar-refractivity contribution in [3.63, 3.8) is 0 Å². The predicted octanol–water partition coefficient (Wildman–Crippen LogP) is 2.45. The zero-order valence-corrected chi connectivity index (χ0v) is 7.37. The van der Waals surface area contributed by atoms with Crippen LogP contribution in [-0.4, -0.2) is 12.1 Å². The van der Waals surface area contributed by atoms with Gasteiger partial charge in [-0.05, 0) is 6.92 Å². The average Bonchev–Trinajstić information content (AvgIpc) is 2.34. The maximum Gasteiger partial charge on any atom is 0.273 e. The summed E-state index contributed by atoms with van der Waals surface area (Å²) in [5, 5.41) is 2.54. The van der Waals surface area contributed by atoms with E-state index in [9.17, 15) is 0 Å². The third kappa shape index (κ3) is 1.61. The Morgan fingerprint density at radius 3 is 2.80 bits per heavy atom. The van der Waals surface area contributed by atoms with Gasteiger partial charge in [-0.15, -0.1) is 11.6 Å². The van der Waals surface area contributed by atoms with E-state index >= 15 is 0 Å². The minimum absolute atomic E-state index is 0.0276. The molecule has 0 spiro atoms. The van der Waals surface area contributed by atoms with Gasteiger partial charge in [0.1, 0.15) is 0 Å². The lowest BCUT2D eigenvalue weighted by molar-refractivity contribution is 0.410. The summed E-state index contributed by atoms with van der Waals surface area (Å²) in [4.78, 5) is 4.09. The van der Waals surface area contributed by atoms with Crippen LogP contribution in [0.25, 0.3) is 0 Å². The van der Waals surface area contributed by atoms with E-state index in [0.29, 0.717) is 5.19 Å². The number of rotatable bonds is 2. The fourth-order valence-electron chi connectivity index (χ4n) is 0.545. The molecule has 0 aliphatic rings. The molecule has 0 aliphatic heterocycles. The summed E-state index contributed by atoms with van der Waals surface area (Å²) < 4.78 is 4.89. The Morgan fingerprint density at radius 1 is 1.80 bits per heavy atom. The SMILES string of the molecule is COc1nc(C(C)Cl)cs1. The van der Waals surface area contributed by atoms with Crippen molar-refractivity contribution in [3.05, 3.63) is 11.1 Å². The normalized spacial score (nSPS) is 13.1. The fraction of sp³-hybridized carbons (Fsp3) is 0.500. The first kappa shape index (κ1) is 7.82. The van der Waals surface area contributed by atoms with Crippen molar-refractivity contribution in [2.24, 2.45) is 0 Å². The molecular weight excluding hydrogens is 170 g/mol. The van der Waals surface area contributed by atoms with Crippen LogP contribution in [0, 0.1) is 0 Å². The fourth-order valence-corrected chi connectivity index (χ4v) is 1.46. The number of halogens is 1. The van der Waals surface area contributed by atoms with Gasteiger partial charge in [-0.1, -0.05) is 11.3 Å². The molecule has 1 unspecified atom stereocenters. The van der Waals surface area contributed by atoms with Crippen molar-refractivity contribution in [3.8, 4) is 5.19 Å². The number of alkyl halides is 1. The zero-order chi connectivity index (χ0) is 7.56. The molecule has 0 aromatic carbocycles. The van der Waals surface area contributed by atoms with Crippen LogP contribution in [0.3, 0.4) is 0 Å². The maximum absolute atomic E-state index is 5.76. The molecule has 0 aliphatic carbocycles. The minimum Gasteiger partial charge on any atom is -0.473 e. The molecule has 1 aromatic rings. The van der Waals surface area contributed by atoms with Crippen LogP contribution in [-0.2, 0) is 0 Å². The molecule has 2 nitrogen and oxygen atoms in total. The second-order valence-corrected chi connectivity index (χ2v) is 3.33. The van der Waals surface area contributed by atoms with Crippen LogP contribution in [0.1, 0.15) is 18.0 Å². The maximum atomic E-state index is 5.76. The Balaban J connectivity index is 2.78. The minimum atomic E-state index is -0.0276. The van der Waals surface area contributed by atoms with Crippen molar-refractivity contribution >= 4 is 22.9 Å². The predicted molar refractivity (Wildman–Crippen MR) is 42.9 cm³/mol. The number of ether oxygens (including phenoxy) is 1. The lowest BCUT2D eigenvalue weighted by atomic mass is 10.4. The summed E-state index contributed by atoms with van der Waals surface area (Å²) in [5.41, 5.74) is 0.878. The molecule has 1 rings (SSSR count). The summed E-state index contributed by atoms with van der Waals surface area (Å²) in [6, 6.07) is 0. The highest BCUT2D eigenvalue weighted by atomic mass is 35.5. The van der Waals surface area contributed by atoms with Crippen LogP contribution in [0.5, 0.6) is 5.19 Å². The molecule has 4 heteroatoms. The number of nitrogens with zero attached hydrogens (tertiary/aromatic N) is 1. The summed E-state index contributed by atoms with van der Waals surface area (Å²) in [6.45, 7) is 1.88. The second kappa shape index (κ2) is 3.21. The van der Waals surface area contributed by atoms with Gasteiger partial charge in [0.25, 0.3) is 5.19 Å². The Bertz CT molecular complexity index is 211. The van der Waals surface area contributed by atoms with Gasteiger partial charge < -0.3 is 4.74 Å². The first-order valence-corrected chi connectivity index (χ1v) is 4.19. The van der Waals surface area contributed by atoms with E-state index in [1.165, 1.54) is 11.3 Å². The van der Waals surface area contributed by atoms with E-state index in [2.05, 4.69) is 4.98 Å². The van der Waals surface area contributed by atoms with Gasteiger partial charge in [-0.2, -0.15) is 0 Å². The number of hydrogen-bond acceptors (Lipinski definition) is 3. The molecule has 10 heavy (non-hydrogen) atoms. The molecular formula is C6H8ClNOS. The molecule has 1 aromatic heterocycles. The Kier molecular flexibility index (Phi) is 2.51. The van der Waals surface area contributed by atoms with Gasteiger partial charge in [0.15, 0.2) is 0 Å². The first-order valence-electron chi connectivity index (χ1n) is 2.87. The summed E-state index contributed by atoms with van der Waals surface area (Å²) in [5.74, 6) is 0. The smallest absolute Gasteiger partial charge is 0.273 e. The van der Waals surface area contributed by atoms with Gasteiger partial charge in [0.2, 0.25) is 0 Å². The van der Waals surface area contributed by atoms with E-state index in [4.69, 9.17) is 16.3 Å². The molecule has 0 radical (unpaired) electrons. The molecule has 1 heterocycles. The zero-order valence-electron chi connectivity index (χ0n) is 5.80. The van der Waals surface area contributed by atoms with Gasteiger partial charge >= 0.3 is 0 Å². The highest BCUT2D eigenvalue weighted by molar-refractivity contribution is 7.11. The first-order chi connectivity index (χ1) is 4.74. The van der Waals surface area contributed by atoms with Crippen LogP contribution in [0.2, 0.25) is 0 Å². The van der Waals surface area contributed by atoms with Gasteiger partial charge in [-0.3, -0.25) is 0 Å². The lowest BCUT2D eigenvalue weighted by Gasteiger charge is -1.93. The molecule has 0 saturated heterocycles. The van der Waals surface area contributed by atoms with Crippen LogP contribution < -0.4 is 4.74 Å². The van der Waals surface area contributed by atoms with E-state index in [1.807, 2.05) is 12.3 Å². The number of hydrogen-bond donors (Lipinski definition) is 0. The summed E-state index contributed by atoms with van der Waals surface area (Å²) in [7, 11) is 1.60. The molecule has 0 bridgehead atoms. The van der Waals surface area contributed by atoms with Crippen molar-refractivity contribution in [2.45, 2.75) is 12.3 Å². The Morgan fingerprint density at radius 2 is 2.50 bits per heavy atom. The van der Waals surface area contributed by atoms with Crippen LogP contribution in [0.4, 0.5) is 0 Å². The highest BCUT2D eigenvalue weighted by Crippen LogP contribution is 2.25. The third-order valence-corrected chi connectivity index (χ3v) is 2.13. The Labute approximate surface area is 68.8 Å². The molecule has 0 fully saturated rings. The third-order valence-electron chi connectivity index (χ3n) is 1.08. The van der Waals surface area contributed by atoms with Crippen molar-refractivity contribution in [1.29, 1.82) is 0 Å². The van der Waals surface area contributed by atoms with Gasteiger partial charge in [0, 0.05) is 5.38 Å². The topological polar surface area (TPSA) is 22.1 Å². The van der Waals surface area contributed by atoms with Crippen LogP contribution >= 0.6 is 22.9 Å². The molecule has 1 atom stereocenters. The molecule has 0 saturated carbocycles. The van der Waals surface area contributed by atoms with E-state index in [-0.39, 0.29) is 5.38 Å². The molecule has 56 valence electrons. The lowest BCUT2D eigenvalue weighted by Crippen LogP contribution is -1.85. The monoisotopic (exact) mass is 177 g/mol. The van der Waals surface area contributed by atoms with E-state index in [0.717, 1.165) is 5.69 Å². The largest absolute Gasteiger partial charge is 0.473 e. The number of aromatic nitrogens is 1. The van der Waals surface area contributed by atoms with Gasteiger partial charge in [-0.25, -0.2) is 4.98 Å². The Hall–Kier alpha value is -0.280. The summed E-state index contributed by atoms with van der Waals surface area (Å²) >= 11 is 7.22. The number of methoxy groups -OCH3 is 1. The van der Waals surface area contributed by atoms with Crippen molar-refractivity contribution in [2.75, 3.05) is 7.11 Å². The number of thiazole rings is 1. The molecule has 0 N–H and O–H groups in total. The van der Waals surface area contributed by atoms with E-state index in [1.54, 1.807) is 7.11 Å². The van der Waals surface area contributed by atoms with Crippen LogP contribution in [0.15, 0.2) is 5.38 Å². The summed E-state index contributed by atoms with van der Waals surface area (Å²) in [6.07, 6.45) is 0. The quantitative estimate of drug-likeness (QED) is 0.648.